The minimum Gasteiger partial charge on any atom is -0.482 e. The highest BCUT2D eigenvalue weighted by atomic mass is 19.1. The van der Waals surface area contributed by atoms with Crippen molar-refractivity contribution in [1.82, 2.24) is 4.90 Å². The van der Waals surface area contributed by atoms with Gasteiger partial charge in [0, 0.05) is 13.1 Å². The standard InChI is InChI=1S/C7H10FNO/c1-9-5-6(8)3-4-7(9)10-2/h3-4H,5H2,1-2H3. The molecule has 0 bridgehead atoms. The summed E-state index contributed by atoms with van der Waals surface area (Å²) in [7, 11) is 3.35. The SMILES string of the molecule is COC1=CC=C(F)CN1C. The zero-order valence-electron chi connectivity index (χ0n) is 6.10. The van der Waals surface area contributed by atoms with Gasteiger partial charge in [0.25, 0.3) is 0 Å². The topological polar surface area (TPSA) is 12.5 Å². The molecule has 0 aromatic heterocycles. The largest absolute Gasteiger partial charge is 0.482 e. The first-order chi connectivity index (χ1) is 4.74. The molecule has 1 aliphatic heterocycles. The summed E-state index contributed by atoms with van der Waals surface area (Å²) in [5.41, 5.74) is 0. The lowest BCUT2D eigenvalue weighted by molar-refractivity contribution is 0.173. The van der Waals surface area contributed by atoms with E-state index in [0.717, 1.165) is 0 Å². The van der Waals surface area contributed by atoms with E-state index in [1.807, 2.05) is 0 Å². The summed E-state index contributed by atoms with van der Waals surface area (Å²) in [4.78, 5) is 1.70. The molecule has 0 amide bonds. The zero-order valence-corrected chi connectivity index (χ0v) is 6.10. The van der Waals surface area contributed by atoms with Gasteiger partial charge in [-0.05, 0) is 6.08 Å². The van der Waals surface area contributed by atoms with Gasteiger partial charge in [-0.3, -0.25) is 0 Å². The maximum Gasteiger partial charge on any atom is 0.189 e. The third-order valence-corrected chi connectivity index (χ3v) is 1.38. The van der Waals surface area contributed by atoms with Crippen LogP contribution in [0, 0.1) is 0 Å². The van der Waals surface area contributed by atoms with Crippen LogP contribution in [0.5, 0.6) is 0 Å². The van der Waals surface area contributed by atoms with E-state index in [9.17, 15) is 4.39 Å². The van der Waals surface area contributed by atoms with E-state index in [2.05, 4.69) is 0 Å². The van der Waals surface area contributed by atoms with Crippen molar-refractivity contribution in [3.05, 3.63) is 23.9 Å². The van der Waals surface area contributed by atoms with Crippen molar-refractivity contribution in [2.75, 3.05) is 20.7 Å². The molecule has 0 aromatic rings. The molecule has 56 valence electrons. The van der Waals surface area contributed by atoms with Crippen LogP contribution < -0.4 is 0 Å². The van der Waals surface area contributed by atoms with Crippen LogP contribution in [0.1, 0.15) is 0 Å². The first-order valence-corrected chi connectivity index (χ1v) is 3.05. The van der Waals surface area contributed by atoms with Crippen molar-refractivity contribution < 1.29 is 9.13 Å². The molecular weight excluding hydrogens is 133 g/mol. The highest BCUT2D eigenvalue weighted by molar-refractivity contribution is 5.16. The number of ether oxygens (including phenoxy) is 1. The molecule has 0 saturated heterocycles. The molecular formula is C7H10FNO. The van der Waals surface area contributed by atoms with Gasteiger partial charge in [-0.15, -0.1) is 0 Å². The first-order valence-electron chi connectivity index (χ1n) is 3.05. The number of allylic oxidation sites excluding steroid dienone is 2. The summed E-state index contributed by atoms with van der Waals surface area (Å²) in [5, 5.41) is 0. The number of hydrogen-bond acceptors (Lipinski definition) is 2. The van der Waals surface area contributed by atoms with Gasteiger partial charge < -0.3 is 9.64 Å². The minimum atomic E-state index is -0.136. The second-order valence-electron chi connectivity index (χ2n) is 2.18. The van der Waals surface area contributed by atoms with E-state index in [-0.39, 0.29) is 5.83 Å². The number of hydrogen-bond donors (Lipinski definition) is 0. The molecule has 10 heavy (non-hydrogen) atoms. The summed E-state index contributed by atoms with van der Waals surface area (Å²) in [6.45, 7) is 0.305. The molecule has 0 aromatic carbocycles. The van der Waals surface area contributed by atoms with Crippen molar-refractivity contribution in [2.45, 2.75) is 0 Å². The van der Waals surface area contributed by atoms with Crippen molar-refractivity contribution in [1.29, 1.82) is 0 Å². The maximum atomic E-state index is 12.5. The smallest absolute Gasteiger partial charge is 0.189 e. The molecule has 2 nitrogen and oxygen atoms in total. The quantitative estimate of drug-likeness (QED) is 0.548. The van der Waals surface area contributed by atoms with Gasteiger partial charge in [-0.25, -0.2) is 4.39 Å². The van der Waals surface area contributed by atoms with Crippen LogP contribution in [0.15, 0.2) is 23.9 Å². The highest BCUT2D eigenvalue weighted by Crippen LogP contribution is 2.12. The lowest BCUT2D eigenvalue weighted by Gasteiger charge is -2.22. The zero-order chi connectivity index (χ0) is 7.56. The van der Waals surface area contributed by atoms with Crippen LogP contribution in [0.4, 0.5) is 4.39 Å². The Balaban J connectivity index is 2.71. The van der Waals surface area contributed by atoms with Gasteiger partial charge in [0.05, 0.1) is 13.7 Å². The fraction of sp³-hybridized carbons (Fsp3) is 0.429. The fourth-order valence-corrected chi connectivity index (χ4v) is 0.870. The van der Waals surface area contributed by atoms with Gasteiger partial charge in [0.2, 0.25) is 0 Å². The Bertz CT molecular complexity index is 186. The Kier molecular flexibility index (Phi) is 1.94. The Morgan fingerprint density at radius 3 is 2.80 bits per heavy atom. The molecule has 0 saturated carbocycles. The van der Waals surface area contributed by atoms with Crippen LogP contribution in [0.2, 0.25) is 0 Å². The van der Waals surface area contributed by atoms with E-state index in [1.165, 1.54) is 6.08 Å². The molecule has 3 heteroatoms. The summed E-state index contributed by atoms with van der Waals surface area (Å²) in [5.74, 6) is 0.560. The lowest BCUT2D eigenvalue weighted by atomic mass is 10.3. The van der Waals surface area contributed by atoms with Crippen LogP contribution >= 0.6 is 0 Å². The van der Waals surface area contributed by atoms with E-state index < -0.39 is 0 Å². The molecule has 0 unspecified atom stereocenters. The molecule has 0 fully saturated rings. The number of halogens is 1. The maximum absolute atomic E-state index is 12.5. The lowest BCUT2D eigenvalue weighted by Crippen LogP contribution is -2.22. The van der Waals surface area contributed by atoms with E-state index in [4.69, 9.17) is 4.74 Å². The molecule has 0 aliphatic carbocycles. The molecule has 1 rings (SSSR count). The highest BCUT2D eigenvalue weighted by Gasteiger charge is 2.10. The van der Waals surface area contributed by atoms with Crippen molar-refractivity contribution in [2.24, 2.45) is 0 Å². The van der Waals surface area contributed by atoms with E-state index >= 15 is 0 Å². The number of nitrogens with zero attached hydrogens (tertiary/aromatic N) is 1. The Morgan fingerprint density at radius 2 is 2.30 bits per heavy atom. The van der Waals surface area contributed by atoms with Gasteiger partial charge in [0.1, 0.15) is 5.83 Å². The summed E-state index contributed by atoms with van der Waals surface area (Å²) >= 11 is 0. The Morgan fingerprint density at radius 1 is 1.60 bits per heavy atom. The van der Waals surface area contributed by atoms with Gasteiger partial charge >= 0.3 is 0 Å². The molecule has 1 heterocycles. The third kappa shape index (κ3) is 1.29. The molecule has 0 atom stereocenters. The van der Waals surface area contributed by atoms with Crippen molar-refractivity contribution in [3.8, 4) is 0 Å². The van der Waals surface area contributed by atoms with Crippen LogP contribution in [0.25, 0.3) is 0 Å². The average molecular weight is 143 g/mol. The van der Waals surface area contributed by atoms with Gasteiger partial charge in [0.15, 0.2) is 5.88 Å². The van der Waals surface area contributed by atoms with Crippen LogP contribution in [0.3, 0.4) is 0 Å². The molecule has 0 spiro atoms. The Labute approximate surface area is 59.6 Å². The second kappa shape index (κ2) is 2.73. The number of methoxy groups -OCH3 is 1. The molecule has 0 N–H and O–H groups in total. The minimum absolute atomic E-state index is 0.136. The number of rotatable bonds is 1. The van der Waals surface area contributed by atoms with E-state index in [1.54, 1.807) is 25.1 Å². The molecule has 1 aliphatic rings. The van der Waals surface area contributed by atoms with Crippen molar-refractivity contribution >= 4 is 0 Å². The summed E-state index contributed by atoms with van der Waals surface area (Å²) in [6.07, 6.45) is 3.03. The second-order valence-corrected chi connectivity index (χ2v) is 2.18. The number of likely N-dealkylation sites (N-methyl/N-ethyl adjacent to an activating group) is 1. The van der Waals surface area contributed by atoms with E-state index in [0.29, 0.717) is 12.4 Å². The first kappa shape index (κ1) is 7.12. The van der Waals surface area contributed by atoms with Crippen LogP contribution in [-0.4, -0.2) is 25.6 Å². The summed E-state index contributed by atoms with van der Waals surface area (Å²) < 4.78 is 17.4. The summed E-state index contributed by atoms with van der Waals surface area (Å²) in [6, 6.07) is 0. The van der Waals surface area contributed by atoms with Crippen LogP contribution in [-0.2, 0) is 4.74 Å². The van der Waals surface area contributed by atoms with Gasteiger partial charge in [-0.1, -0.05) is 0 Å². The Hall–Kier alpha value is -0.990. The average Bonchev–Trinajstić information content (AvgIpc) is 1.88. The predicted molar refractivity (Wildman–Crippen MR) is 36.9 cm³/mol. The normalized spacial score (nSPS) is 18.1. The third-order valence-electron chi connectivity index (χ3n) is 1.38. The predicted octanol–water partition coefficient (Wildman–Crippen LogP) is 1.27. The van der Waals surface area contributed by atoms with Crippen molar-refractivity contribution in [3.63, 3.8) is 0 Å². The molecule has 0 radical (unpaired) electrons. The van der Waals surface area contributed by atoms with Gasteiger partial charge in [-0.2, -0.15) is 0 Å². The fourth-order valence-electron chi connectivity index (χ4n) is 0.870. The monoisotopic (exact) mass is 143 g/mol.